The van der Waals surface area contributed by atoms with Crippen molar-refractivity contribution in [2.24, 2.45) is 0 Å². The molecule has 2 aromatic heterocycles. The Morgan fingerprint density at radius 1 is 1.12 bits per heavy atom. The van der Waals surface area contributed by atoms with Gasteiger partial charge >= 0.3 is 0 Å². The SMILES string of the molecule is COc1ccc(CN(C(=O)c2ccc(Cl)o2)c2ccncc2)cc1. The van der Waals surface area contributed by atoms with E-state index in [4.69, 9.17) is 20.8 Å². The number of benzene rings is 1. The maximum absolute atomic E-state index is 12.8. The minimum Gasteiger partial charge on any atom is -0.497 e. The zero-order chi connectivity index (χ0) is 16.9. The Labute approximate surface area is 144 Å². The fraction of sp³-hybridized carbons (Fsp3) is 0.111. The molecule has 0 saturated heterocycles. The Bertz CT molecular complexity index is 816. The van der Waals surface area contributed by atoms with Gasteiger partial charge in [-0.3, -0.25) is 9.78 Å². The molecule has 0 fully saturated rings. The summed E-state index contributed by atoms with van der Waals surface area (Å²) in [6.45, 7) is 0.380. The van der Waals surface area contributed by atoms with E-state index >= 15 is 0 Å². The molecule has 1 amide bonds. The van der Waals surface area contributed by atoms with Crippen molar-refractivity contribution >= 4 is 23.2 Å². The van der Waals surface area contributed by atoms with Gasteiger partial charge in [-0.2, -0.15) is 0 Å². The second-order valence-electron chi connectivity index (χ2n) is 5.05. The molecule has 0 unspecified atom stereocenters. The Balaban J connectivity index is 1.91. The number of halogens is 1. The number of methoxy groups -OCH3 is 1. The van der Waals surface area contributed by atoms with Crippen LogP contribution in [-0.2, 0) is 6.54 Å². The van der Waals surface area contributed by atoms with Crippen LogP contribution in [0.15, 0.2) is 65.3 Å². The molecule has 2 heterocycles. The highest BCUT2D eigenvalue weighted by Crippen LogP contribution is 2.22. The molecule has 0 atom stereocenters. The Morgan fingerprint density at radius 3 is 2.42 bits per heavy atom. The lowest BCUT2D eigenvalue weighted by Gasteiger charge is -2.22. The van der Waals surface area contributed by atoms with Crippen LogP contribution < -0.4 is 9.64 Å². The van der Waals surface area contributed by atoms with E-state index in [1.54, 1.807) is 48.7 Å². The van der Waals surface area contributed by atoms with Gasteiger partial charge in [-0.15, -0.1) is 0 Å². The first kappa shape index (κ1) is 16.1. The maximum atomic E-state index is 12.8. The number of nitrogens with zero attached hydrogens (tertiary/aromatic N) is 2. The highest BCUT2D eigenvalue weighted by molar-refractivity contribution is 6.29. The van der Waals surface area contributed by atoms with Gasteiger partial charge in [0.25, 0.3) is 5.91 Å². The van der Waals surface area contributed by atoms with Crippen molar-refractivity contribution in [1.29, 1.82) is 0 Å². The van der Waals surface area contributed by atoms with Gasteiger partial charge in [0.1, 0.15) is 5.75 Å². The maximum Gasteiger partial charge on any atom is 0.294 e. The molecular weight excluding hydrogens is 328 g/mol. The fourth-order valence-electron chi connectivity index (χ4n) is 2.28. The summed E-state index contributed by atoms with van der Waals surface area (Å²) in [4.78, 5) is 18.4. The number of aromatic nitrogens is 1. The van der Waals surface area contributed by atoms with Crippen molar-refractivity contribution in [3.05, 3.63) is 77.5 Å². The third-order valence-electron chi connectivity index (χ3n) is 3.50. The lowest BCUT2D eigenvalue weighted by atomic mass is 10.2. The van der Waals surface area contributed by atoms with Crippen LogP contribution in [0.5, 0.6) is 5.75 Å². The van der Waals surface area contributed by atoms with Gasteiger partial charge in [0, 0.05) is 18.1 Å². The number of pyridine rings is 1. The third kappa shape index (κ3) is 3.58. The van der Waals surface area contributed by atoms with Gasteiger partial charge in [-0.05, 0) is 53.6 Å². The van der Waals surface area contributed by atoms with Crippen LogP contribution in [0.1, 0.15) is 16.1 Å². The number of carbonyl (C=O) groups excluding carboxylic acids is 1. The van der Waals surface area contributed by atoms with Crippen LogP contribution in [0.4, 0.5) is 5.69 Å². The molecule has 0 spiro atoms. The number of carbonyl (C=O) groups is 1. The van der Waals surface area contributed by atoms with Crippen LogP contribution in [-0.4, -0.2) is 18.0 Å². The van der Waals surface area contributed by atoms with E-state index in [1.165, 1.54) is 0 Å². The molecule has 24 heavy (non-hydrogen) atoms. The number of ether oxygens (including phenoxy) is 1. The minimum absolute atomic E-state index is 0.178. The van der Waals surface area contributed by atoms with E-state index in [0.29, 0.717) is 6.54 Å². The quantitative estimate of drug-likeness (QED) is 0.697. The molecule has 0 N–H and O–H groups in total. The summed E-state index contributed by atoms with van der Waals surface area (Å²) < 4.78 is 10.4. The molecule has 3 aromatic rings. The smallest absolute Gasteiger partial charge is 0.294 e. The van der Waals surface area contributed by atoms with Crippen molar-refractivity contribution in [2.45, 2.75) is 6.54 Å². The molecule has 0 aliphatic rings. The van der Waals surface area contributed by atoms with Gasteiger partial charge in [-0.1, -0.05) is 12.1 Å². The molecule has 5 nitrogen and oxygen atoms in total. The average molecular weight is 343 g/mol. The van der Waals surface area contributed by atoms with E-state index in [0.717, 1.165) is 17.0 Å². The van der Waals surface area contributed by atoms with Crippen molar-refractivity contribution < 1.29 is 13.9 Å². The molecule has 0 radical (unpaired) electrons. The standard InChI is InChI=1S/C18H15ClN2O3/c1-23-15-4-2-13(3-5-15)12-21(14-8-10-20-11-9-14)18(22)16-6-7-17(19)24-16/h2-11H,12H2,1H3. The topological polar surface area (TPSA) is 55.6 Å². The van der Waals surface area contributed by atoms with Crippen molar-refractivity contribution in [2.75, 3.05) is 12.0 Å². The Kier molecular flexibility index (Phi) is 4.82. The first-order chi connectivity index (χ1) is 11.7. The number of hydrogen-bond donors (Lipinski definition) is 0. The summed E-state index contributed by atoms with van der Waals surface area (Å²) in [7, 11) is 1.61. The molecule has 122 valence electrons. The molecule has 0 bridgehead atoms. The minimum atomic E-state index is -0.274. The van der Waals surface area contributed by atoms with Crippen LogP contribution in [0, 0.1) is 0 Å². The lowest BCUT2D eigenvalue weighted by Crippen LogP contribution is -2.30. The summed E-state index contributed by atoms with van der Waals surface area (Å²) in [5.41, 5.74) is 1.68. The first-order valence-electron chi connectivity index (χ1n) is 7.27. The molecule has 3 rings (SSSR count). The number of anilines is 1. The van der Waals surface area contributed by atoms with Crippen LogP contribution in [0.3, 0.4) is 0 Å². The second kappa shape index (κ2) is 7.19. The molecule has 0 aliphatic carbocycles. The number of hydrogen-bond acceptors (Lipinski definition) is 4. The van der Waals surface area contributed by atoms with Crippen molar-refractivity contribution in [3.63, 3.8) is 0 Å². The van der Waals surface area contributed by atoms with E-state index in [9.17, 15) is 4.79 Å². The van der Waals surface area contributed by atoms with Gasteiger partial charge < -0.3 is 14.1 Å². The predicted molar refractivity (Wildman–Crippen MR) is 91.5 cm³/mol. The van der Waals surface area contributed by atoms with E-state index in [2.05, 4.69) is 4.98 Å². The summed E-state index contributed by atoms with van der Waals surface area (Å²) in [6.07, 6.45) is 3.28. The lowest BCUT2D eigenvalue weighted by molar-refractivity contribution is 0.0958. The van der Waals surface area contributed by atoms with Gasteiger partial charge in [0.15, 0.2) is 11.0 Å². The fourth-order valence-corrected chi connectivity index (χ4v) is 2.43. The largest absolute Gasteiger partial charge is 0.497 e. The van der Waals surface area contributed by atoms with E-state index < -0.39 is 0 Å². The number of furan rings is 1. The highest BCUT2D eigenvalue weighted by Gasteiger charge is 2.21. The normalized spacial score (nSPS) is 10.4. The van der Waals surface area contributed by atoms with Gasteiger partial charge in [0.2, 0.25) is 0 Å². The highest BCUT2D eigenvalue weighted by atomic mass is 35.5. The van der Waals surface area contributed by atoms with Crippen molar-refractivity contribution in [1.82, 2.24) is 4.98 Å². The van der Waals surface area contributed by atoms with E-state index in [1.807, 2.05) is 24.3 Å². The molecule has 0 aliphatic heterocycles. The zero-order valence-corrected chi connectivity index (χ0v) is 13.7. The molecule has 1 aromatic carbocycles. The molecule has 6 heteroatoms. The summed E-state index contributed by atoms with van der Waals surface area (Å²) in [6, 6.07) is 14.2. The molecule has 0 saturated carbocycles. The predicted octanol–water partition coefficient (Wildman–Crippen LogP) is 4.18. The summed E-state index contributed by atoms with van der Waals surface area (Å²) in [5.74, 6) is 0.674. The van der Waals surface area contributed by atoms with Crippen LogP contribution in [0.25, 0.3) is 0 Å². The van der Waals surface area contributed by atoms with Gasteiger partial charge in [0.05, 0.1) is 13.7 Å². The average Bonchev–Trinajstić information content (AvgIpc) is 3.07. The van der Waals surface area contributed by atoms with Crippen LogP contribution >= 0.6 is 11.6 Å². The third-order valence-corrected chi connectivity index (χ3v) is 3.71. The first-order valence-corrected chi connectivity index (χ1v) is 7.65. The van der Waals surface area contributed by atoms with Gasteiger partial charge in [-0.25, -0.2) is 0 Å². The molecular formula is C18H15ClN2O3. The number of amides is 1. The second-order valence-corrected chi connectivity index (χ2v) is 5.42. The zero-order valence-electron chi connectivity index (χ0n) is 13.0. The Morgan fingerprint density at radius 2 is 1.83 bits per heavy atom. The number of rotatable bonds is 5. The Hall–Kier alpha value is -2.79. The summed E-state index contributed by atoms with van der Waals surface area (Å²) in [5, 5.41) is 0.178. The van der Waals surface area contributed by atoms with E-state index in [-0.39, 0.29) is 16.9 Å². The van der Waals surface area contributed by atoms with Crippen LogP contribution in [0.2, 0.25) is 5.22 Å². The summed E-state index contributed by atoms with van der Waals surface area (Å²) >= 11 is 5.79. The monoisotopic (exact) mass is 342 g/mol. The van der Waals surface area contributed by atoms with Crippen molar-refractivity contribution in [3.8, 4) is 5.75 Å².